The average molecular weight is 246 g/mol. The topological polar surface area (TPSA) is 87.7 Å². The minimum Gasteiger partial charge on any atom is -0.481 e. The van der Waals surface area contributed by atoms with Gasteiger partial charge in [-0.05, 0) is 12.8 Å². The van der Waals surface area contributed by atoms with E-state index in [4.69, 9.17) is 9.84 Å². The van der Waals surface area contributed by atoms with Crippen LogP contribution in [-0.4, -0.2) is 42.9 Å². The van der Waals surface area contributed by atoms with Gasteiger partial charge in [0.2, 0.25) is 0 Å². The Morgan fingerprint density at radius 2 is 1.71 bits per heavy atom. The number of carbonyl (C=O) groups is 2. The van der Waals surface area contributed by atoms with E-state index in [2.05, 4.69) is 10.6 Å². The van der Waals surface area contributed by atoms with Crippen molar-refractivity contribution in [1.82, 2.24) is 10.6 Å². The van der Waals surface area contributed by atoms with E-state index in [1.807, 2.05) is 13.8 Å². The molecule has 0 saturated carbocycles. The summed E-state index contributed by atoms with van der Waals surface area (Å²) in [7, 11) is 1.57. The molecule has 0 aromatic rings. The molecular weight excluding hydrogens is 224 g/mol. The second-order valence-corrected chi connectivity index (χ2v) is 3.88. The van der Waals surface area contributed by atoms with Crippen molar-refractivity contribution in [2.45, 2.75) is 45.2 Å². The molecule has 0 aromatic heterocycles. The predicted molar refractivity (Wildman–Crippen MR) is 64.0 cm³/mol. The molecule has 0 fully saturated rings. The zero-order chi connectivity index (χ0) is 13.3. The summed E-state index contributed by atoms with van der Waals surface area (Å²) >= 11 is 0. The van der Waals surface area contributed by atoms with Crippen LogP contribution in [0, 0.1) is 0 Å². The van der Waals surface area contributed by atoms with E-state index >= 15 is 0 Å². The second kappa shape index (κ2) is 8.81. The number of carboxylic acid groups (broad SMARTS) is 1. The Kier molecular flexibility index (Phi) is 8.13. The highest BCUT2D eigenvalue weighted by molar-refractivity contribution is 5.76. The standard InChI is InChI=1S/C11H22N2O4/c1-4-8(6-10(14)15)12-11(16)13-9(5-2)7-17-3/h8-9H,4-7H2,1-3H3,(H,14,15)(H2,12,13,16). The number of hydrogen-bond acceptors (Lipinski definition) is 3. The number of rotatable bonds is 8. The number of methoxy groups -OCH3 is 1. The summed E-state index contributed by atoms with van der Waals surface area (Å²) in [5.41, 5.74) is 0. The maximum absolute atomic E-state index is 11.6. The molecule has 2 amide bonds. The van der Waals surface area contributed by atoms with Gasteiger partial charge in [0, 0.05) is 13.2 Å². The molecule has 3 N–H and O–H groups in total. The molecule has 0 bridgehead atoms. The molecule has 0 aliphatic rings. The van der Waals surface area contributed by atoms with Gasteiger partial charge in [0.25, 0.3) is 0 Å². The SMILES string of the molecule is CCC(COC)NC(=O)NC(CC)CC(=O)O. The van der Waals surface area contributed by atoms with Gasteiger partial charge < -0.3 is 20.5 Å². The zero-order valence-electron chi connectivity index (χ0n) is 10.7. The van der Waals surface area contributed by atoms with Crippen molar-refractivity contribution in [3.8, 4) is 0 Å². The number of urea groups is 1. The first kappa shape index (κ1) is 15.7. The van der Waals surface area contributed by atoms with Gasteiger partial charge in [-0.1, -0.05) is 13.8 Å². The Balaban J connectivity index is 4.08. The highest BCUT2D eigenvalue weighted by Gasteiger charge is 2.16. The van der Waals surface area contributed by atoms with Crippen LogP contribution in [0.5, 0.6) is 0 Å². The van der Waals surface area contributed by atoms with Crippen LogP contribution in [0.25, 0.3) is 0 Å². The zero-order valence-corrected chi connectivity index (χ0v) is 10.7. The van der Waals surface area contributed by atoms with Gasteiger partial charge >= 0.3 is 12.0 Å². The summed E-state index contributed by atoms with van der Waals surface area (Å²) in [6.07, 6.45) is 1.28. The molecule has 0 aromatic carbocycles. The Morgan fingerprint density at radius 3 is 2.12 bits per heavy atom. The fourth-order valence-corrected chi connectivity index (χ4v) is 1.38. The molecule has 0 saturated heterocycles. The Morgan fingerprint density at radius 1 is 1.18 bits per heavy atom. The summed E-state index contributed by atoms with van der Waals surface area (Å²) in [5.74, 6) is -0.916. The van der Waals surface area contributed by atoms with Gasteiger partial charge in [-0.3, -0.25) is 4.79 Å². The fourth-order valence-electron chi connectivity index (χ4n) is 1.38. The molecule has 2 atom stereocenters. The molecule has 6 heteroatoms. The molecule has 0 radical (unpaired) electrons. The lowest BCUT2D eigenvalue weighted by molar-refractivity contribution is -0.137. The van der Waals surface area contributed by atoms with E-state index in [9.17, 15) is 9.59 Å². The van der Waals surface area contributed by atoms with Crippen LogP contribution in [0.3, 0.4) is 0 Å². The van der Waals surface area contributed by atoms with E-state index in [1.54, 1.807) is 7.11 Å². The normalized spacial score (nSPS) is 13.8. The van der Waals surface area contributed by atoms with Crippen LogP contribution in [0.4, 0.5) is 4.79 Å². The Labute approximate surface area is 102 Å². The molecule has 0 aliphatic heterocycles. The van der Waals surface area contributed by atoms with Crippen LogP contribution >= 0.6 is 0 Å². The van der Waals surface area contributed by atoms with Crippen LogP contribution in [0.2, 0.25) is 0 Å². The quantitative estimate of drug-likeness (QED) is 0.595. The molecule has 0 rings (SSSR count). The molecule has 2 unspecified atom stereocenters. The minimum atomic E-state index is -0.916. The van der Waals surface area contributed by atoms with E-state index < -0.39 is 5.97 Å². The van der Waals surface area contributed by atoms with Crippen molar-refractivity contribution in [2.75, 3.05) is 13.7 Å². The van der Waals surface area contributed by atoms with Crippen LogP contribution in [0.1, 0.15) is 33.1 Å². The molecule has 17 heavy (non-hydrogen) atoms. The molecular formula is C11H22N2O4. The van der Waals surface area contributed by atoms with Crippen molar-refractivity contribution in [3.63, 3.8) is 0 Å². The van der Waals surface area contributed by atoms with E-state index in [0.717, 1.165) is 6.42 Å². The third-order valence-electron chi connectivity index (χ3n) is 2.44. The van der Waals surface area contributed by atoms with Crippen LogP contribution in [-0.2, 0) is 9.53 Å². The predicted octanol–water partition coefficient (Wildman–Crippen LogP) is 0.964. The van der Waals surface area contributed by atoms with Gasteiger partial charge in [0.05, 0.1) is 19.1 Å². The van der Waals surface area contributed by atoms with Crippen molar-refractivity contribution in [1.29, 1.82) is 0 Å². The highest BCUT2D eigenvalue weighted by atomic mass is 16.5. The maximum atomic E-state index is 11.6. The van der Waals surface area contributed by atoms with Crippen molar-refractivity contribution >= 4 is 12.0 Å². The summed E-state index contributed by atoms with van der Waals surface area (Å²) in [6, 6.07) is -0.739. The number of ether oxygens (including phenoxy) is 1. The number of carboxylic acids is 1. The first-order chi connectivity index (χ1) is 8.03. The first-order valence-corrected chi connectivity index (χ1v) is 5.81. The third-order valence-corrected chi connectivity index (χ3v) is 2.44. The number of amides is 2. The van der Waals surface area contributed by atoms with Crippen LogP contribution in [0.15, 0.2) is 0 Å². The van der Waals surface area contributed by atoms with Gasteiger partial charge in [0.15, 0.2) is 0 Å². The fraction of sp³-hybridized carbons (Fsp3) is 0.818. The second-order valence-electron chi connectivity index (χ2n) is 3.88. The number of nitrogens with one attached hydrogen (secondary N) is 2. The van der Waals surface area contributed by atoms with Crippen molar-refractivity contribution in [3.05, 3.63) is 0 Å². The van der Waals surface area contributed by atoms with E-state index in [1.165, 1.54) is 0 Å². The van der Waals surface area contributed by atoms with Gasteiger partial charge in [-0.25, -0.2) is 4.79 Å². The third kappa shape index (κ3) is 7.57. The lowest BCUT2D eigenvalue weighted by Crippen LogP contribution is -2.47. The lowest BCUT2D eigenvalue weighted by Gasteiger charge is -2.20. The minimum absolute atomic E-state index is 0.0534. The number of hydrogen-bond donors (Lipinski definition) is 3. The van der Waals surface area contributed by atoms with Crippen molar-refractivity contribution < 1.29 is 19.4 Å². The summed E-state index contributed by atoms with van der Waals surface area (Å²) < 4.78 is 4.95. The largest absolute Gasteiger partial charge is 0.481 e. The van der Waals surface area contributed by atoms with Gasteiger partial charge in [0.1, 0.15) is 0 Å². The smallest absolute Gasteiger partial charge is 0.315 e. The maximum Gasteiger partial charge on any atom is 0.315 e. The van der Waals surface area contributed by atoms with Gasteiger partial charge in [-0.2, -0.15) is 0 Å². The van der Waals surface area contributed by atoms with Crippen molar-refractivity contribution in [2.24, 2.45) is 0 Å². The summed E-state index contributed by atoms with van der Waals surface area (Å²) in [4.78, 5) is 22.1. The average Bonchev–Trinajstić information content (AvgIpc) is 2.26. The van der Waals surface area contributed by atoms with E-state index in [-0.39, 0.29) is 24.5 Å². The molecule has 6 nitrogen and oxygen atoms in total. The number of aliphatic carboxylic acids is 1. The van der Waals surface area contributed by atoms with E-state index in [0.29, 0.717) is 13.0 Å². The highest BCUT2D eigenvalue weighted by Crippen LogP contribution is 1.98. The summed E-state index contributed by atoms with van der Waals surface area (Å²) in [6.45, 7) is 4.22. The van der Waals surface area contributed by atoms with Crippen LogP contribution < -0.4 is 10.6 Å². The Hall–Kier alpha value is -1.30. The summed E-state index contributed by atoms with van der Waals surface area (Å²) in [5, 5.41) is 14.0. The first-order valence-electron chi connectivity index (χ1n) is 5.81. The molecule has 0 heterocycles. The van der Waals surface area contributed by atoms with Gasteiger partial charge in [-0.15, -0.1) is 0 Å². The lowest BCUT2D eigenvalue weighted by atomic mass is 10.1. The monoisotopic (exact) mass is 246 g/mol. The number of carbonyl (C=O) groups excluding carboxylic acids is 1. The Bertz CT molecular complexity index is 246. The molecule has 0 aliphatic carbocycles. The molecule has 100 valence electrons. The molecule has 0 spiro atoms.